The lowest BCUT2D eigenvalue weighted by molar-refractivity contribution is 0.0909. The Morgan fingerprint density at radius 3 is 1.97 bits per heavy atom. The van der Waals surface area contributed by atoms with E-state index in [-0.39, 0.29) is 18.5 Å². The Morgan fingerprint density at radius 2 is 1.32 bits per heavy atom. The molecule has 5 rings (SSSR count). The first-order valence-corrected chi connectivity index (χ1v) is 12.9. The molecular formula is C30H32N4O3. The van der Waals surface area contributed by atoms with E-state index in [9.17, 15) is 14.4 Å². The predicted octanol–water partition coefficient (Wildman–Crippen LogP) is 3.63. The molecule has 0 atom stereocenters. The number of para-hydroxylation sites is 2. The molecule has 190 valence electrons. The van der Waals surface area contributed by atoms with Crippen LogP contribution in [0.5, 0.6) is 0 Å². The van der Waals surface area contributed by atoms with Gasteiger partial charge < -0.3 is 9.88 Å². The Labute approximate surface area is 216 Å². The molecule has 0 spiro atoms. The molecule has 1 fully saturated rings. The van der Waals surface area contributed by atoms with Crippen molar-refractivity contribution in [1.82, 2.24) is 19.4 Å². The van der Waals surface area contributed by atoms with Crippen LogP contribution in [0.2, 0.25) is 0 Å². The maximum atomic E-state index is 12.9. The summed E-state index contributed by atoms with van der Waals surface area (Å²) in [5, 5.41) is 3.18. The number of carbonyl (C=O) groups is 1. The third-order valence-electron chi connectivity index (χ3n) is 7.18. The molecule has 7 nitrogen and oxygen atoms in total. The van der Waals surface area contributed by atoms with E-state index in [2.05, 4.69) is 34.5 Å². The third kappa shape index (κ3) is 5.42. The van der Waals surface area contributed by atoms with Gasteiger partial charge in [0, 0.05) is 37.8 Å². The third-order valence-corrected chi connectivity index (χ3v) is 7.18. The Hall–Kier alpha value is -3.97. The number of fused-ring (bicyclic) bond motifs is 1. The molecule has 0 bridgehead atoms. The van der Waals surface area contributed by atoms with Crippen LogP contribution in [0.15, 0.2) is 88.5 Å². The van der Waals surface area contributed by atoms with Gasteiger partial charge in [0.1, 0.15) is 0 Å². The molecule has 1 aliphatic heterocycles. The lowest BCUT2D eigenvalue weighted by atomic mass is 10.0. The van der Waals surface area contributed by atoms with Crippen LogP contribution in [0, 0.1) is 0 Å². The average Bonchev–Trinajstić information content (AvgIpc) is 2.93. The molecule has 0 radical (unpaired) electrons. The second kappa shape index (κ2) is 11.0. The zero-order chi connectivity index (χ0) is 25.8. The molecule has 1 amide bonds. The molecule has 0 saturated carbocycles. The summed E-state index contributed by atoms with van der Waals surface area (Å²) in [5.74, 6) is -0.0822. The summed E-state index contributed by atoms with van der Waals surface area (Å²) in [7, 11) is 0. The maximum absolute atomic E-state index is 12.9. The Morgan fingerprint density at radius 1 is 0.757 bits per heavy atom. The van der Waals surface area contributed by atoms with Crippen molar-refractivity contribution in [2.24, 2.45) is 0 Å². The molecule has 7 heteroatoms. The van der Waals surface area contributed by atoms with Gasteiger partial charge in [-0.25, -0.2) is 0 Å². The normalized spacial score (nSPS) is 14.6. The van der Waals surface area contributed by atoms with Gasteiger partial charge in [-0.2, -0.15) is 0 Å². The molecule has 0 unspecified atom stereocenters. The number of benzene rings is 3. The highest BCUT2D eigenvalue weighted by atomic mass is 16.2. The van der Waals surface area contributed by atoms with Crippen molar-refractivity contribution >= 4 is 16.9 Å². The lowest BCUT2D eigenvalue weighted by Crippen LogP contribution is -2.44. The fraction of sp³-hybridized carbons (Fsp3) is 0.300. The van der Waals surface area contributed by atoms with E-state index in [0.717, 1.165) is 49.1 Å². The number of hydrogen-bond donors (Lipinski definition) is 1. The zero-order valence-electron chi connectivity index (χ0n) is 21.1. The molecule has 1 saturated heterocycles. The van der Waals surface area contributed by atoms with Gasteiger partial charge in [0.15, 0.2) is 0 Å². The fourth-order valence-electron chi connectivity index (χ4n) is 5.13. The largest absolute Gasteiger partial charge is 0.349 e. The van der Waals surface area contributed by atoms with Gasteiger partial charge in [-0.15, -0.1) is 0 Å². The van der Waals surface area contributed by atoms with Crippen molar-refractivity contribution in [3.63, 3.8) is 0 Å². The number of piperidine rings is 1. The number of nitrogens with one attached hydrogen (secondary N) is 1. The highest BCUT2D eigenvalue weighted by Crippen LogP contribution is 2.16. The fourth-order valence-corrected chi connectivity index (χ4v) is 5.13. The first kappa shape index (κ1) is 24.7. The van der Waals surface area contributed by atoms with Crippen LogP contribution in [0.1, 0.15) is 41.3 Å². The van der Waals surface area contributed by atoms with E-state index in [1.165, 1.54) is 14.7 Å². The second-order valence-corrected chi connectivity index (χ2v) is 9.64. The average molecular weight is 497 g/mol. The molecular weight excluding hydrogens is 464 g/mol. The van der Waals surface area contributed by atoms with E-state index < -0.39 is 11.1 Å². The Kier molecular flexibility index (Phi) is 7.32. The van der Waals surface area contributed by atoms with Gasteiger partial charge in [0.25, 0.3) is 5.91 Å². The van der Waals surface area contributed by atoms with Gasteiger partial charge >= 0.3 is 11.1 Å². The first-order valence-electron chi connectivity index (χ1n) is 12.9. The van der Waals surface area contributed by atoms with Crippen molar-refractivity contribution in [2.75, 3.05) is 13.1 Å². The monoisotopic (exact) mass is 496 g/mol. The lowest BCUT2D eigenvalue weighted by Gasteiger charge is -2.32. The number of aromatic nitrogens is 2. The van der Waals surface area contributed by atoms with Gasteiger partial charge in [-0.3, -0.25) is 23.9 Å². The van der Waals surface area contributed by atoms with Crippen molar-refractivity contribution in [2.45, 2.75) is 45.4 Å². The van der Waals surface area contributed by atoms with E-state index in [1.54, 1.807) is 12.1 Å². The van der Waals surface area contributed by atoms with Crippen LogP contribution in [0.3, 0.4) is 0 Å². The quantitative estimate of drug-likeness (QED) is 0.397. The van der Waals surface area contributed by atoms with Gasteiger partial charge in [0.2, 0.25) is 0 Å². The van der Waals surface area contributed by atoms with Gasteiger partial charge in [0.05, 0.1) is 17.6 Å². The zero-order valence-corrected chi connectivity index (χ0v) is 21.1. The summed E-state index contributed by atoms with van der Waals surface area (Å²) in [6.07, 6.45) is 1.85. The van der Waals surface area contributed by atoms with Crippen LogP contribution in [-0.2, 0) is 19.6 Å². The smallest absolute Gasteiger partial charge is 0.317 e. The van der Waals surface area contributed by atoms with E-state index in [4.69, 9.17) is 0 Å². The van der Waals surface area contributed by atoms with Crippen molar-refractivity contribution < 1.29 is 4.79 Å². The van der Waals surface area contributed by atoms with Gasteiger partial charge in [-0.1, -0.05) is 54.6 Å². The van der Waals surface area contributed by atoms with Crippen molar-refractivity contribution in [3.8, 4) is 0 Å². The number of amides is 1. The van der Waals surface area contributed by atoms with Crippen LogP contribution >= 0.6 is 0 Å². The van der Waals surface area contributed by atoms with Crippen LogP contribution in [0.4, 0.5) is 0 Å². The van der Waals surface area contributed by atoms with Crippen LogP contribution in [-0.4, -0.2) is 39.1 Å². The highest BCUT2D eigenvalue weighted by molar-refractivity contribution is 5.94. The summed E-state index contributed by atoms with van der Waals surface area (Å²) in [6.45, 7) is 5.41. The Bertz CT molecular complexity index is 1500. The van der Waals surface area contributed by atoms with E-state index in [1.807, 2.05) is 49.4 Å². The van der Waals surface area contributed by atoms with Crippen LogP contribution < -0.4 is 16.4 Å². The topological polar surface area (TPSA) is 76.3 Å². The number of aryl methyl sites for hydroxylation is 1. The highest BCUT2D eigenvalue weighted by Gasteiger charge is 2.21. The summed E-state index contributed by atoms with van der Waals surface area (Å²) >= 11 is 0. The minimum Gasteiger partial charge on any atom is -0.349 e. The second-order valence-electron chi connectivity index (χ2n) is 9.64. The van der Waals surface area contributed by atoms with Crippen molar-refractivity contribution in [1.29, 1.82) is 0 Å². The molecule has 2 heterocycles. The SMILES string of the molecule is CCn1c(=O)c(=O)n(Cc2ccc(C(=O)NC3CCN(Cc4ccccc4)CC3)cc2)c2ccccc21. The number of likely N-dealkylation sites (tertiary alicyclic amines) is 1. The standard InChI is InChI=1S/C30H32N4O3/c1-2-33-26-10-6-7-11-27(26)34(30(37)29(33)36)21-23-12-14-24(15-13-23)28(35)31-25-16-18-32(19-17-25)20-22-8-4-3-5-9-22/h3-15,25H,2,16-21H2,1H3,(H,31,35). The number of rotatable bonds is 7. The molecule has 1 aromatic heterocycles. The van der Waals surface area contributed by atoms with Gasteiger partial charge in [-0.05, 0) is 55.2 Å². The molecule has 4 aromatic rings. The summed E-state index contributed by atoms with van der Waals surface area (Å²) in [5.41, 5.74) is 3.15. The summed E-state index contributed by atoms with van der Waals surface area (Å²) < 4.78 is 3.02. The number of carbonyl (C=O) groups excluding carboxylic acids is 1. The van der Waals surface area contributed by atoms with Crippen LogP contribution in [0.25, 0.3) is 11.0 Å². The maximum Gasteiger partial charge on any atom is 0.317 e. The van der Waals surface area contributed by atoms with E-state index in [0.29, 0.717) is 12.1 Å². The summed E-state index contributed by atoms with van der Waals surface area (Å²) in [4.78, 5) is 40.8. The number of nitrogens with zero attached hydrogens (tertiary/aromatic N) is 3. The first-order chi connectivity index (χ1) is 18.0. The predicted molar refractivity (Wildman–Crippen MR) is 146 cm³/mol. The molecule has 1 aliphatic rings. The summed E-state index contributed by atoms with van der Waals surface area (Å²) in [6, 6.07) is 25.3. The van der Waals surface area contributed by atoms with E-state index >= 15 is 0 Å². The Balaban J connectivity index is 1.22. The molecule has 1 N–H and O–H groups in total. The molecule has 0 aliphatic carbocycles. The number of hydrogen-bond acceptors (Lipinski definition) is 4. The van der Waals surface area contributed by atoms with Crippen molar-refractivity contribution in [3.05, 3.63) is 116 Å². The molecule has 3 aromatic carbocycles. The molecule has 37 heavy (non-hydrogen) atoms. The minimum atomic E-state index is -0.541. The minimum absolute atomic E-state index is 0.0822.